The highest BCUT2D eigenvalue weighted by Crippen LogP contribution is 2.23. The van der Waals surface area contributed by atoms with E-state index < -0.39 is 10.3 Å². The second-order valence-corrected chi connectivity index (χ2v) is 6.61. The summed E-state index contributed by atoms with van der Waals surface area (Å²) in [5.41, 5.74) is 1.27. The van der Waals surface area contributed by atoms with Gasteiger partial charge in [-0.05, 0) is 12.0 Å². The van der Waals surface area contributed by atoms with Crippen molar-refractivity contribution in [2.75, 3.05) is 26.2 Å². The lowest BCUT2D eigenvalue weighted by Crippen LogP contribution is -2.57. The van der Waals surface area contributed by atoms with Crippen LogP contribution in [0.2, 0.25) is 0 Å². The molecule has 0 N–H and O–H groups in total. The lowest BCUT2D eigenvalue weighted by molar-refractivity contribution is 0.0780. The molecule has 2 heterocycles. The highest BCUT2D eigenvalue weighted by Gasteiger charge is 2.38. The van der Waals surface area contributed by atoms with Crippen molar-refractivity contribution in [3.8, 4) is 0 Å². The first-order valence-corrected chi connectivity index (χ1v) is 7.94. The summed E-state index contributed by atoms with van der Waals surface area (Å²) < 4.78 is 29.9. The predicted molar refractivity (Wildman–Crippen MR) is 71.7 cm³/mol. The van der Waals surface area contributed by atoms with Gasteiger partial charge in [-0.2, -0.15) is 12.7 Å². The monoisotopic (exact) mass is 282 g/mol. The fourth-order valence-electron chi connectivity index (χ4n) is 2.77. The third-order valence-corrected chi connectivity index (χ3v) is 5.25. The van der Waals surface area contributed by atoms with Gasteiger partial charge in [-0.15, -0.1) is 0 Å². The first-order valence-electron chi connectivity index (χ1n) is 6.58. The van der Waals surface area contributed by atoms with E-state index >= 15 is 0 Å². The summed E-state index contributed by atoms with van der Waals surface area (Å²) in [6, 6.07) is 10.3. The lowest BCUT2D eigenvalue weighted by atomic mass is 10.1. The van der Waals surface area contributed by atoms with Gasteiger partial charge in [0.2, 0.25) is 0 Å². The van der Waals surface area contributed by atoms with Gasteiger partial charge in [0, 0.05) is 32.2 Å². The number of piperazine rings is 1. The zero-order chi connectivity index (χ0) is 13.3. The van der Waals surface area contributed by atoms with Crippen LogP contribution in [0.4, 0.5) is 0 Å². The molecule has 2 fully saturated rings. The Morgan fingerprint density at radius 3 is 2.79 bits per heavy atom. The molecule has 6 heteroatoms. The topological polar surface area (TPSA) is 49.9 Å². The van der Waals surface area contributed by atoms with Gasteiger partial charge in [-0.1, -0.05) is 30.3 Å². The van der Waals surface area contributed by atoms with E-state index in [4.69, 9.17) is 4.18 Å². The number of nitrogens with zero attached hydrogens (tertiary/aromatic N) is 2. The van der Waals surface area contributed by atoms with Crippen molar-refractivity contribution < 1.29 is 12.6 Å². The predicted octanol–water partition coefficient (Wildman–Crippen LogP) is 0.838. The first kappa shape index (κ1) is 13.1. The second kappa shape index (κ2) is 5.20. The zero-order valence-electron chi connectivity index (χ0n) is 10.7. The van der Waals surface area contributed by atoms with Crippen LogP contribution in [0, 0.1) is 0 Å². The fraction of sp³-hybridized carbons (Fsp3) is 0.538. The molecule has 5 nitrogen and oxygen atoms in total. The van der Waals surface area contributed by atoms with Crippen LogP contribution in [0.5, 0.6) is 0 Å². The number of hydrogen-bond donors (Lipinski definition) is 0. The molecule has 0 amide bonds. The Labute approximate surface area is 114 Å². The van der Waals surface area contributed by atoms with Crippen LogP contribution in [0.15, 0.2) is 30.3 Å². The Balaban J connectivity index is 1.67. The van der Waals surface area contributed by atoms with Gasteiger partial charge in [-0.25, -0.2) is 0 Å². The van der Waals surface area contributed by atoms with Gasteiger partial charge >= 0.3 is 10.3 Å². The molecule has 2 saturated heterocycles. The molecule has 1 aromatic rings. The molecule has 0 aromatic heterocycles. The molecule has 0 bridgehead atoms. The minimum atomic E-state index is -3.47. The minimum Gasteiger partial charge on any atom is -0.296 e. The van der Waals surface area contributed by atoms with E-state index in [0.717, 1.165) is 26.1 Å². The molecule has 0 aliphatic carbocycles. The van der Waals surface area contributed by atoms with Crippen LogP contribution in [-0.2, 0) is 21.0 Å². The minimum absolute atomic E-state index is 0.0659. The van der Waals surface area contributed by atoms with Gasteiger partial charge in [-0.3, -0.25) is 9.08 Å². The second-order valence-electron chi connectivity index (χ2n) is 5.05. The summed E-state index contributed by atoms with van der Waals surface area (Å²) in [5, 5.41) is 0. The Hall–Kier alpha value is -0.950. The standard InChI is InChI=1S/C13H18N2O3S/c16-19(17)15-8-7-14(11-13(15)6-9-18-19)10-12-4-2-1-3-5-12/h1-5,13H,6-11H2/t13-/m1/s1. The molecule has 3 rings (SSSR count). The molecule has 0 radical (unpaired) electrons. The molecular formula is C13H18N2O3S. The molecule has 1 atom stereocenters. The zero-order valence-corrected chi connectivity index (χ0v) is 11.6. The van der Waals surface area contributed by atoms with E-state index in [1.165, 1.54) is 9.87 Å². The average Bonchev–Trinajstić information content (AvgIpc) is 2.39. The third-order valence-electron chi connectivity index (χ3n) is 3.73. The SMILES string of the molecule is O=S1(=O)OCC[C@@H]2CN(Cc3ccccc3)CCN21. The number of rotatable bonds is 2. The van der Waals surface area contributed by atoms with Crippen LogP contribution >= 0.6 is 0 Å². The fourth-order valence-corrected chi connectivity index (χ4v) is 4.06. The van der Waals surface area contributed by atoms with E-state index in [-0.39, 0.29) is 6.04 Å². The van der Waals surface area contributed by atoms with Crippen molar-refractivity contribution >= 4 is 10.3 Å². The van der Waals surface area contributed by atoms with E-state index in [9.17, 15) is 8.42 Å². The third kappa shape index (κ3) is 2.81. The van der Waals surface area contributed by atoms with Gasteiger partial charge in [0.15, 0.2) is 0 Å². The molecule has 2 aliphatic heterocycles. The van der Waals surface area contributed by atoms with Crippen molar-refractivity contribution in [1.82, 2.24) is 9.21 Å². The van der Waals surface area contributed by atoms with Crippen LogP contribution in [0.1, 0.15) is 12.0 Å². The van der Waals surface area contributed by atoms with Crippen molar-refractivity contribution in [1.29, 1.82) is 0 Å². The summed E-state index contributed by atoms with van der Waals surface area (Å²) >= 11 is 0. The lowest BCUT2D eigenvalue weighted by Gasteiger charge is -2.42. The number of fused-ring (bicyclic) bond motifs is 1. The summed E-state index contributed by atoms with van der Waals surface area (Å²) in [5.74, 6) is 0. The molecule has 0 saturated carbocycles. The van der Waals surface area contributed by atoms with Crippen molar-refractivity contribution in [2.24, 2.45) is 0 Å². The van der Waals surface area contributed by atoms with Crippen molar-refractivity contribution in [3.63, 3.8) is 0 Å². The Morgan fingerprint density at radius 2 is 2.00 bits per heavy atom. The van der Waals surface area contributed by atoms with Gasteiger partial charge in [0.25, 0.3) is 0 Å². The molecular weight excluding hydrogens is 264 g/mol. The van der Waals surface area contributed by atoms with Gasteiger partial charge in [0.1, 0.15) is 0 Å². The average molecular weight is 282 g/mol. The van der Waals surface area contributed by atoms with E-state index in [0.29, 0.717) is 13.2 Å². The van der Waals surface area contributed by atoms with Crippen molar-refractivity contribution in [3.05, 3.63) is 35.9 Å². The Kier molecular flexibility index (Phi) is 3.58. The maximum atomic E-state index is 11.8. The van der Waals surface area contributed by atoms with E-state index in [1.807, 2.05) is 18.2 Å². The van der Waals surface area contributed by atoms with Gasteiger partial charge < -0.3 is 0 Å². The van der Waals surface area contributed by atoms with Crippen LogP contribution < -0.4 is 0 Å². The van der Waals surface area contributed by atoms with Crippen LogP contribution in [0.25, 0.3) is 0 Å². The van der Waals surface area contributed by atoms with Crippen LogP contribution in [0.3, 0.4) is 0 Å². The highest BCUT2D eigenvalue weighted by molar-refractivity contribution is 7.84. The quantitative estimate of drug-likeness (QED) is 0.806. The highest BCUT2D eigenvalue weighted by atomic mass is 32.2. The molecule has 1 aromatic carbocycles. The molecule has 0 unspecified atom stereocenters. The summed E-state index contributed by atoms with van der Waals surface area (Å²) in [6.07, 6.45) is 0.782. The normalized spacial score (nSPS) is 27.9. The molecule has 19 heavy (non-hydrogen) atoms. The summed E-state index contributed by atoms with van der Waals surface area (Å²) in [7, 11) is -3.47. The smallest absolute Gasteiger partial charge is 0.296 e. The Morgan fingerprint density at radius 1 is 1.21 bits per heavy atom. The molecule has 104 valence electrons. The number of benzene rings is 1. The Bertz CT molecular complexity index is 532. The maximum Gasteiger partial charge on any atom is 0.338 e. The number of hydrogen-bond acceptors (Lipinski definition) is 4. The van der Waals surface area contributed by atoms with E-state index in [2.05, 4.69) is 17.0 Å². The summed E-state index contributed by atoms with van der Waals surface area (Å²) in [6.45, 7) is 3.26. The largest absolute Gasteiger partial charge is 0.338 e. The van der Waals surface area contributed by atoms with Crippen molar-refractivity contribution in [2.45, 2.75) is 19.0 Å². The summed E-state index contributed by atoms with van der Waals surface area (Å²) in [4.78, 5) is 2.32. The molecule has 0 spiro atoms. The van der Waals surface area contributed by atoms with Crippen LogP contribution in [-0.4, -0.2) is 49.9 Å². The van der Waals surface area contributed by atoms with Gasteiger partial charge in [0.05, 0.1) is 6.61 Å². The molecule has 2 aliphatic rings. The maximum absolute atomic E-state index is 11.8. The van der Waals surface area contributed by atoms with E-state index in [1.54, 1.807) is 0 Å². The first-order chi connectivity index (χ1) is 9.15.